The van der Waals surface area contributed by atoms with Crippen LogP contribution >= 0.6 is 11.8 Å². The van der Waals surface area contributed by atoms with Gasteiger partial charge in [-0.3, -0.25) is 4.79 Å². The molecule has 26 heavy (non-hydrogen) atoms. The normalized spacial score (nSPS) is 11.0. The van der Waals surface area contributed by atoms with Gasteiger partial charge in [0.1, 0.15) is 10.8 Å². The van der Waals surface area contributed by atoms with Crippen molar-refractivity contribution in [1.82, 2.24) is 9.97 Å². The highest BCUT2D eigenvalue weighted by Crippen LogP contribution is 2.29. The number of furan rings is 1. The highest BCUT2D eigenvalue weighted by atomic mass is 32.2. The number of carbonyl (C=O) groups is 1. The molecule has 128 valence electrons. The molecule has 4 aromatic rings. The van der Waals surface area contributed by atoms with Gasteiger partial charge in [-0.15, -0.1) is 0 Å². The summed E-state index contributed by atoms with van der Waals surface area (Å²) < 4.78 is 18.4. The van der Waals surface area contributed by atoms with Crippen molar-refractivity contribution in [2.24, 2.45) is 0 Å². The van der Waals surface area contributed by atoms with E-state index in [4.69, 9.17) is 4.42 Å². The van der Waals surface area contributed by atoms with Crippen molar-refractivity contribution in [3.63, 3.8) is 0 Å². The summed E-state index contributed by atoms with van der Waals surface area (Å²) in [5.41, 5.74) is 1.26. The molecule has 0 spiro atoms. The maximum absolute atomic E-state index is 13.0. The quantitative estimate of drug-likeness (QED) is 0.283. The van der Waals surface area contributed by atoms with E-state index in [0.29, 0.717) is 22.2 Å². The first-order valence-corrected chi connectivity index (χ1v) is 8.91. The zero-order valence-electron chi connectivity index (χ0n) is 13.6. The number of thioether (sulfide) groups is 1. The number of nitrogens with zero attached hydrogens (tertiary/aromatic N) is 2. The van der Waals surface area contributed by atoms with E-state index >= 15 is 0 Å². The number of fused-ring (bicyclic) bond motifs is 1. The molecule has 0 saturated carbocycles. The second-order valence-corrected chi connectivity index (χ2v) is 6.53. The third kappa shape index (κ3) is 3.36. The predicted octanol–water partition coefficient (Wildman–Crippen LogP) is 5.00. The minimum atomic E-state index is -0.362. The van der Waals surface area contributed by atoms with Gasteiger partial charge in [0, 0.05) is 10.9 Å². The van der Waals surface area contributed by atoms with Crippen LogP contribution in [0.15, 0.2) is 76.4 Å². The van der Waals surface area contributed by atoms with Crippen LogP contribution in [0.4, 0.5) is 4.39 Å². The Kier molecular flexibility index (Phi) is 4.50. The molecule has 2 aromatic carbocycles. The molecule has 0 N–H and O–H groups in total. The predicted molar refractivity (Wildman–Crippen MR) is 98.7 cm³/mol. The standard InChI is InChI=1S/C20H13FN2O2S/c21-14-9-7-13(8-10-14)17(24)12-26-20-15-4-1-2-5-16(15)22-19(23-20)18-6-3-11-25-18/h1-11H,12H2. The number of carbonyl (C=O) groups excluding carboxylic acids is 1. The summed E-state index contributed by atoms with van der Waals surface area (Å²) in [5, 5.41) is 1.58. The van der Waals surface area contributed by atoms with Crippen LogP contribution in [-0.4, -0.2) is 21.5 Å². The van der Waals surface area contributed by atoms with E-state index < -0.39 is 0 Å². The van der Waals surface area contributed by atoms with Gasteiger partial charge < -0.3 is 4.42 Å². The molecule has 0 aliphatic rings. The maximum atomic E-state index is 13.0. The molecule has 0 aliphatic heterocycles. The molecule has 4 nitrogen and oxygen atoms in total. The molecule has 0 amide bonds. The SMILES string of the molecule is O=C(CSc1nc(-c2ccco2)nc2ccccc12)c1ccc(F)cc1. The number of ketones is 1. The number of rotatable bonds is 5. The summed E-state index contributed by atoms with van der Waals surface area (Å²) in [7, 11) is 0. The summed E-state index contributed by atoms with van der Waals surface area (Å²) in [6, 6.07) is 16.8. The Morgan fingerprint density at radius 2 is 1.81 bits per heavy atom. The number of benzene rings is 2. The van der Waals surface area contributed by atoms with Gasteiger partial charge in [-0.2, -0.15) is 0 Å². The molecule has 0 atom stereocenters. The number of hydrogen-bond acceptors (Lipinski definition) is 5. The van der Waals surface area contributed by atoms with Crippen LogP contribution in [0, 0.1) is 5.82 Å². The lowest BCUT2D eigenvalue weighted by Gasteiger charge is -2.07. The van der Waals surface area contributed by atoms with E-state index in [1.54, 1.807) is 18.4 Å². The summed E-state index contributed by atoms with van der Waals surface area (Å²) in [6.45, 7) is 0. The molecule has 6 heteroatoms. The molecule has 4 rings (SSSR count). The van der Waals surface area contributed by atoms with Crippen LogP contribution < -0.4 is 0 Å². The Balaban J connectivity index is 1.64. The van der Waals surface area contributed by atoms with Crippen LogP contribution in [-0.2, 0) is 0 Å². The number of Topliss-reactive ketones (excluding diaryl/α,β-unsaturated/α-hetero) is 1. The topological polar surface area (TPSA) is 56.0 Å². The Bertz CT molecular complexity index is 1060. The zero-order valence-corrected chi connectivity index (χ0v) is 14.4. The van der Waals surface area contributed by atoms with Crippen molar-refractivity contribution in [2.45, 2.75) is 5.03 Å². The van der Waals surface area contributed by atoms with Crippen molar-refractivity contribution in [2.75, 3.05) is 5.75 Å². The fourth-order valence-electron chi connectivity index (χ4n) is 2.53. The molecule has 0 saturated heterocycles. The first kappa shape index (κ1) is 16.5. The van der Waals surface area contributed by atoms with E-state index in [1.807, 2.05) is 24.3 Å². The molecule has 0 fully saturated rings. The van der Waals surface area contributed by atoms with E-state index in [0.717, 1.165) is 10.9 Å². The van der Waals surface area contributed by atoms with Crippen molar-refractivity contribution in [1.29, 1.82) is 0 Å². The number of halogens is 1. The summed E-state index contributed by atoms with van der Waals surface area (Å²) >= 11 is 1.33. The first-order valence-electron chi connectivity index (χ1n) is 7.93. The van der Waals surface area contributed by atoms with Crippen LogP contribution in [0.5, 0.6) is 0 Å². The largest absolute Gasteiger partial charge is 0.461 e. The van der Waals surface area contributed by atoms with Gasteiger partial charge in [-0.05, 0) is 42.5 Å². The van der Waals surface area contributed by atoms with Crippen LogP contribution in [0.1, 0.15) is 10.4 Å². The third-order valence-electron chi connectivity index (χ3n) is 3.82. The first-order chi connectivity index (χ1) is 12.7. The molecule has 0 aliphatic carbocycles. The van der Waals surface area contributed by atoms with Gasteiger partial charge in [0.15, 0.2) is 17.4 Å². The van der Waals surface area contributed by atoms with Crippen molar-refractivity contribution in [3.8, 4) is 11.6 Å². The Labute approximate surface area is 153 Å². The molecular weight excluding hydrogens is 351 g/mol. The number of aromatic nitrogens is 2. The Hall–Kier alpha value is -2.99. The fourth-order valence-corrected chi connectivity index (χ4v) is 3.44. The van der Waals surface area contributed by atoms with Gasteiger partial charge >= 0.3 is 0 Å². The minimum absolute atomic E-state index is 0.0859. The van der Waals surface area contributed by atoms with Crippen molar-refractivity contribution in [3.05, 3.63) is 78.3 Å². The third-order valence-corrected chi connectivity index (χ3v) is 4.81. The summed E-state index contributed by atoms with van der Waals surface area (Å²) in [6.07, 6.45) is 1.57. The lowest BCUT2D eigenvalue weighted by Crippen LogP contribution is -2.03. The second kappa shape index (κ2) is 7.09. The monoisotopic (exact) mass is 364 g/mol. The highest BCUT2D eigenvalue weighted by Gasteiger charge is 2.14. The highest BCUT2D eigenvalue weighted by molar-refractivity contribution is 8.00. The molecule has 0 radical (unpaired) electrons. The number of hydrogen-bond donors (Lipinski definition) is 0. The van der Waals surface area contributed by atoms with Crippen LogP contribution in [0.25, 0.3) is 22.5 Å². The summed E-state index contributed by atoms with van der Waals surface area (Å²) in [5.74, 6) is 0.800. The maximum Gasteiger partial charge on any atom is 0.197 e. The Morgan fingerprint density at radius 1 is 1.00 bits per heavy atom. The lowest BCUT2D eigenvalue weighted by atomic mass is 10.1. The minimum Gasteiger partial charge on any atom is -0.461 e. The number of para-hydroxylation sites is 1. The van der Waals surface area contributed by atoms with Gasteiger partial charge in [0.05, 0.1) is 17.5 Å². The van der Waals surface area contributed by atoms with E-state index in [2.05, 4.69) is 9.97 Å². The zero-order chi connectivity index (χ0) is 17.9. The molecular formula is C20H13FN2O2S. The fraction of sp³-hybridized carbons (Fsp3) is 0.0500. The van der Waals surface area contributed by atoms with Gasteiger partial charge in [-0.1, -0.05) is 30.0 Å². The summed E-state index contributed by atoms with van der Waals surface area (Å²) in [4.78, 5) is 21.5. The average Bonchev–Trinajstić information content (AvgIpc) is 3.21. The van der Waals surface area contributed by atoms with Crippen LogP contribution in [0.2, 0.25) is 0 Å². The second-order valence-electron chi connectivity index (χ2n) is 5.57. The average molecular weight is 364 g/mol. The lowest BCUT2D eigenvalue weighted by molar-refractivity contribution is 0.102. The molecule has 0 bridgehead atoms. The molecule has 2 heterocycles. The van der Waals surface area contributed by atoms with E-state index in [1.165, 1.54) is 36.0 Å². The van der Waals surface area contributed by atoms with Gasteiger partial charge in [0.25, 0.3) is 0 Å². The van der Waals surface area contributed by atoms with Gasteiger partial charge in [0.2, 0.25) is 0 Å². The van der Waals surface area contributed by atoms with Crippen molar-refractivity contribution >= 4 is 28.4 Å². The van der Waals surface area contributed by atoms with E-state index in [9.17, 15) is 9.18 Å². The van der Waals surface area contributed by atoms with Gasteiger partial charge in [-0.25, -0.2) is 14.4 Å². The molecule has 0 unspecified atom stereocenters. The van der Waals surface area contributed by atoms with E-state index in [-0.39, 0.29) is 17.4 Å². The van der Waals surface area contributed by atoms with Crippen LogP contribution in [0.3, 0.4) is 0 Å². The molecule has 2 aromatic heterocycles. The Morgan fingerprint density at radius 3 is 2.58 bits per heavy atom. The van der Waals surface area contributed by atoms with Crippen molar-refractivity contribution < 1.29 is 13.6 Å². The smallest absolute Gasteiger partial charge is 0.197 e.